The van der Waals surface area contributed by atoms with E-state index in [0.29, 0.717) is 9.80 Å². The van der Waals surface area contributed by atoms with Crippen LogP contribution in [0.15, 0.2) is 38.0 Å². The molecule has 0 saturated heterocycles. The van der Waals surface area contributed by atoms with Crippen LogP contribution in [0.2, 0.25) is 0 Å². The van der Waals surface area contributed by atoms with Gasteiger partial charge in [-0.15, -0.1) is 0 Å². The highest BCUT2D eigenvalue weighted by Gasteiger charge is 2.29. The first kappa shape index (κ1) is 27.0. The Morgan fingerprint density at radius 2 is 1.16 bits per heavy atom. The van der Waals surface area contributed by atoms with Gasteiger partial charge >= 0.3 is 30.0 Å². The highest BCUT2D eigenvalue weighted by molar-refractivity contribution is 6.01. The molecule has 0 bridgehead atoms. The van der Waals surface area contributed by atoms with Gasteiger partial charge in [-0.25, -0.2) is 28.9 Å². The summed E-state index contributed by atoms with van der Waals surface area (Å²) in [6.07, 6.45) is 2.75. The molecule has 0 saturated carbocycles. The van der Waals surface area contributed by atoms with Gasteiger partial charge in [-0.1, -0.05) is 19.7 Å². The van der Waals surface area contributed by atoms with Gasteiger partial charge in [0, 0.05) is 25.2 Å². The molecule has 170 valence electrons. The van der Waals surface area contributed by atoms with Crippen LogP contribution in [0.3, 0.4) is 0 Å². The molecule has 0 aromatic rings. The maximum absolute atomic E-state index is 12.8. The maximum Gasteiger partial charge on any atom is 0.335 e. The lowest BCUT2D eigenvalue weighted by Crippen LogP contribution is -2.53. The average molecular weight is 439 g/mol. The number of nitrogens with zero attached hydrogens (tertiary/aromatic N) is 2. The molecule has 12 nitrogen and oxygen atoms in total. The Balaban J connectivity index is 5.19. The number of carbonyl (C=O) groups excluding carboxylic acids is 6. The third kappa shape index (κ3) is 11.0. The van der Waals surface area contributed by atoms with E-state index in [1.165, 1.54) is 0 Å². The number of hydrogen-bond donors (Lipinski definition) is 1. The lowest BCUT2D eigenvalue weighted by Gasteiger charge is -2.27. The van der Waals surface area contributed by atoms with Crippen LogP contribution in [0.4, 0.5) is 9.59 Å². The normalized spacial score (nSPS) is 9.45. The van der Waals surface area contributed by atoms with Crippen molar-refractivity contribution in [3.8, 4) is 0 Å². The van der Waals surface area contributed by atoms with Crippen LogP contribution in [0, 0.1) is 0 Å². The van der Waals surface area contributed by atoms with Crippen molar-refractivity contribution in [3.05, 3.63) is 38.0 Å². The van der Waals surface area contributed by atoms with E-state index in [1.54, 1.807) is 0 Å². The van der Waals surface area contributed by atoms with Gasteiger partial charge in [0.25, 0.3) is 0 Å². The molecule has 31 heavy (non-hydrogen) atoms. The van der Waals surface area contributed by atoms with Gasteiger partial charge in [-0.2, -0.15) is 0 Å². The van der Waals surface area contributed by atoms with Gasteiger partial charge in [-0.3, -0.25) is 9.69 Å². The van der Waals surface area contributed by atoms with Crippen molar-refractivity contribution < 1.29 is 43.0 Å². The molecule has 0 spiro atoms. The zero-order chi connectivity index (χ0) is 23.8. The van der Waals surface area contributed by atoms with Crippen molar-refractivity contribution in [1.82, 2.24) is 15.1 Å². The topological polar surface area (TPSA) is 149 Å². The van der Waals surface area contributed by atoms with Gasteiger partial charge in [0.1, 0.15) is 19.8 Å². The summed E-state index contributed by atoms with van der Waals surface area (Å²) in [5.41, 5.74) is 0. The summed E-state index contributed by atoms with van der Waals surface area (Å²) >= 11 is 0. The Bertz CT molecular complexity index is 733. The fraction of sp³-hybridized carbons (Fsp3) is 0.368. The number of ether oxygens (including phenoxy) is 3. The van der Waals surface area contributed by atoms with Crippen molar-refractivity contribution in [2.45, 2.75) is 6.92 Å². The fourth-order valence-electron chi connectivity index (χ4n) is 1.87. The van der Waals surface area contributed by atoms with Crippen LogP contribution < -0.4 is 5.32 Å². The number of nitrogens with one attached hydrogen (secondary N) is 1. The summed E-state index contributed by atoms with van der Waals surface area (Å²) in [6, 6.07) is -1.99. The third-order valence-electron chi connectivity index (χ3n) is 3.33. The van der Waals surface area contributed by atoms with Gasteiger partial charge in [0.05, 0.1) is 19.6 Å². The Morgan fingerprint density at radius 1 is 0.742 bits per heavy atom. The second-order valence-corrected chi connectivity index (χ2v) is 5.45. The predicted molar refractivity (Wildman–Crippen MR) is 106 cm³/mol. The van der Waals surface area contributed by atoms with Crippen LogP contribution >= 0.6 is 0 Å². The molecule has 0 unspecified atom stereocenters. The lowest BCUT2D eigenvalue weighted by molar-refractivity contribution is -0.139. The van der Waals surface area contributed by atoms with E-state index in [4.69, 9.17) is 14.2 Å². The number of carbonyl (C=O) groups is 6. The standard InChI is InChI=1S/C19H25N3O9/c1-5-15(24)29-11-8-20-18(27)22(10-13-31-17(26)7-3)19(28)21(14(4)23)9-12-30-16(25)6-2/h5-7H,1-3,8-13H2,4H3,(H,20,27). The minimum absolute atomic E-state index is 0.147. The molecule has 0 aliphatic rings. The molecule has 1 N–H and O–H groups in total. The second kappa shape index (κ2) is 15.0. The number of hydrogen-bond acceptors (Lipinski definition) is 9. The molecule has 12 heteroatoms. The molecule has 5 amide bonds. The zero-order valence-corrected chi connectivity index (χ0v) is 17.2. The highest BCUT2D eigenvalue weighted by atomic mass is 16.5. The van der Waals surface area contributed by atoms with E-state index in [1.807, 2.05) is 0 Å². The summed E-state index contributed by atoms with van der Waals surface area (Å²) in [6.45, 7) is 8.97. The van der Waals surface area contributed by atoms with Gasteiger partial charge in [0.15, 0.2) is 0 Å². The van der Waals surface area contributed by atoms with Crippen molar-refractivity contribution >= 4 is 35.9 Å². The molecule has 0 aromatic heterocycles. The molecular formula is C19H25N3O9. The van der Waals surface area contributed by atoms with Crippen molar-refractivity contribution in [2.24, 2.45) is 0 Å². The molecule has 0 atom stereocenters. The molecule has 0 heterocycles. The molecule has 0 aromatic carbocycles. The average Bonchev–Trinajstić information content (AvgIpc) is 2.75. The monoisotopic (exact) mass is 439 g/mol. The van der Waals surface area contributed by atoms with Gasteiger partial charge in [0.2, 0.25) is 5.91 Å². The van der Waals surface area contributed by atoms with Crippen LogP contribution in [-0.4, -0.2) is 85.1 Å². The zero-order valence-electron chi connectivity index (χ0n) is 17.2. The van der Waals surface area contributed by atoms with Crippen LogP contribution in [0.25, 0.3) is 0 Å². The van der Waals surface area contributed by atoms with Crippen molar-refractivity contribution in [1.29, 1.82) is 0 Å². The SMILES string of the molecule is C=CC(=O)OCCNC(=O)N(CCOC(=O)C=C)C(=O)N(CCOC(=O)C=C)C(C)=O. The van der Waals surface area contributed by atoms with Crippen LogP contribution in [0.1, 0.15) is 6.92 Å². The summed E-state index contributed by atoms with van der Waals surface area (Å²) in [7, 11) is 0. The molecule has 0 radical (unpaired) electrons. The van der Waals surface area contributed by atoms with Crippen molar-refractivity contribution in [2.75, 3.05) is 39.5 Å². The maximum atomic E-state index is 12.8. The minimum atomic E-state index is -1.04. The Labute approximate surface area is 179 Å². The van der Waals surface area contributed by atoms with E-state index in [9.17, 15) is 28.8 Å². The predicted octanol–water partition coefficient (Wildman–Crippen LogP) is 0.154. The second-order valence-electron chi connectivity index (χ2n) is 5.45. The molecule has 0 rings (SSSR count). The Kier molecular flexibility index (Phi) is 13.0. The first-order valence-corrected chi connectivity index (χ1v) is 8.92. The largest absolute Gasteiger partial charge is 0.461 e. The summed E-state index contributed by atoms with van der Waals surface area (Å²) in [5, 5.41) is 2.33. The van der Waals surface area contributed by atoms with E-state index < -0.39 is 42.4 Å². The first-order valence-electron chi connectivity index (χ1n) is 8.92. The van der Waals surface area contributed by atoms with Gasteiger partial charge < -0.3 is 19.5 Å². The number of rotatable bonds is 12. The van der Waals surface area contributed by atoms with E-state index in [-0.39, 0.29) is 32.9 Å². The minimum Gasteiger partial charge on any atom is -0.461 e. The third-order valence-corrected chi connectivity index (χ3v) is 3.33. The number of amides is 5. The molecular weight excluding hydrogens is 414 g/mol. The van der Waals surface area contributed by atoms with E-state index >= 15 is 0 Å². The Hall–Kier alpha value is -3.96. The number of esters is 3. The number of urea groups is 2. The molecule has 0 aliphatic carbocycles. The number of imide groups is 2. The first-order chi connectivity index (χ1) is 14.7. The summed E-state index contributed by atoms with van der Waals surface area (Å²) in [5.74, 6) is -2.95. The lowest BCUT2D eigenvalue weighted by atomic mass is 10.4. The highest BCUT2D eigenvalue weighted by Crippen LogP contribution is 2.03. The molecule has 0 aliphatic heterocycles. The summed E-state index contributed by atoms with van der Waals surface area (Å²) in [4.78, 5) is 71.7. The molecule has 0 fully saturated rings. The summed E-state index contributed by atoms with van der Waals surface area (Å²) < 4.78 is 14.2. The van der Waals surface area contributed by atoms with E-state index in [2.05, 4.69) is 25.1 Å². The fourth-order valence-corrected chi connectivity index (χ4v) is 1.87. The van der Waals surface area contributed by atoms with E-state index in [0.717, 1.165) is 25.2 Å². The van der Waals surface area contributed by atoms with Gasteiger partial charge in [-0.05, 0) is 0 Å². The van der Waals surface area contributed by atoms with Crippen LogP contribution in [-0.2, 0) is 33.4 Å². The van der Waals surface area contributed by atoms with Crippen LogP contribution in [0.5, 0.6) is 0 Å². The smallest absolute Gasteiger partial charge is 0.335 e. The Morgan fingerprint density at radius 3 is 1.58 bits per heavy atom. The quantitative estimate of drug-likeness (QED) is 0.194. The van der Waals surface area contributed by atoms with Crippen molar-refractivity contribution in [3.63, 3.8) is 0 Å².